The van der Waals surface area contributed by atoms with Crippen LogP contribution in [0.4, 0.5) is 0 Å². The van der Waals surface area contributed by atoms with Crippen molar-refractivity contribution in [3.63, 3.8) is 0 Å². The minimum absolute atomic E-state index is 0.148. The van der Waals surface area contributed by atoms with Crippen LogP contribution in [0.1, 0.15) is 47.2 Å². The van der Waals surface area contributed by atoms with E-state index in [0.29, 0.717) is 12.5 Å². The second kappa shape index (κ2) is 9.15. The minimum atomic E-state index is 0.148. The predicted molar refractivity (Wildman–Crippen MR) is 120 cm³/mol. The molecule has 1 atom stereocenters. The number of hydrogen-bond acceptors (Lipinski definition) is 4. The smallest absolute Gasteiger partial charge is 0.254 e. The summed E-state index contributed by atoms with van der Waals surface area (Å²) < 4.78 is 11.5. The van der Waals surface area contributed by atoms with Crippen molar-refractivity contribution in [3.8, 4) is 0 Å². The number of likely N-dealkylation sites (tertiary alicyclic amines) is 2. The molecule has 5 rings (SSSR count). The van der Waals surface area contributed by atoms with E-state index in [4.69, 9.17) is 9.47 Å². The van der Waals surface area contributed by atoms with Gasteiger partial charge in [0.05, 0.1) is 0 Å². The molecular formula is C26H30N2O3. The number of carbonyl (C=O) groups is 1. The van der Waals surface area contributed by atoms with E-state index in [-0.39, 0.29) is 12.7 Å². The first kappa shape index (κ1) is 20.1. The molecule has 2 saturated heterocycles. The van der Waals surface area contributed by atoms with Crippen molar-refractivity contribution >= 4 is 11.7 Å². The van der Waals surface area contributed by atoms with Crippen molar-refractivity contribution in [2.24, 2.45) is 0 Å². The van der Waals surface area contributed by atoms with Crippen LogP contribution >= 0.6 is 0 Å². The summed E-state index contributed by atoms with van der Waals surface area (Å²) in [6.07, 6.45) is 5.49. The summed E-state index contributed by atoms with van der Waals surface area (Å²) in [6, 6.07) is 18.4. The van der Waals surface area contributed by atoms with Crippen LogP contribution in [0, 0.1) is 0 Å². The summed E-state index contributed by atoms with van der Waals surface area (Å²) in [5.41, 5.74) is 2.89. The van der Waals surface area contributed by atoms with Crippen molar-refractivity contribution in [1.82, 2.24) is 9.80 Å². The van der Waals surface area contributed by atoms with Crippen molar-refractivity contribution in [2.45, 2.75) is 38.1 Å². The van der Waals surface area contributed by atoms with Gasteiger partial charge < -0.3 is 19.3 Å². The van der Waals surface area contributed by atoms with Gasteiger partial charge in [-0.3, -0.25) is 4.79 Å². The molecule has 2 aromatic rings. The topological polar surface area (TPSA) is 42.0 Å². The third-order valence-corrected chi connectivity index (χ3v) is 6.60. The maximum absolute atomic E-state index is 13.2. The first-order valence-electron chi connectivity index (χ1n) is 11.4. The normalized spacial score (nSPS) is 21.4. The third kappa shape index (κ3) is 4.47. The molecule has 0 saturated carbocycles. The Labute approximate surface area is 184 Å². The summed E-state index contributed by atoms with van der Waals surface area (Å²) in [5, 5.41) is 0. The molecule has 0 aliphatic carbocycles. The molecule has 2 aromatic carbocycles. The Balaban J connectivity index is 1.29. The summed E-state index contributed by atoms with van der Waals surface area (Å²) in [4.78, 5) is 17.8. The van der Waals surface area contributed by atoms with Crippen LogP contribution in [0.25, 0.3) is 5.76 Å². The molecule has 0 N–H and O–H groups in total. The Hall–Kier alpha value is -2.79. The number of nitrogens with zero attached hydrogens (tertiary/aromatic N) is 2. The summed E-state index contributed by atoms with van der Waals surface area (Å²) >= 11 is 0. The highest BCUT2D eigenvalue weighted by atomic mass is 16.7. The van der Waals surface area contributed by atoms with Crippen LogP contribution in [0.5, 0.6) is 0 Å². The second-order valence-electron chi connectivity index (χ2n) is 8.70. The molecule has 162 valence electrons. The highest BCUT2D eigenvalue weighted by molar-refractivity contribution is 5.95. The van der Waals surface area contributed by atoms with Gasteiger partial charge in [-0.25, -0.2) is 0 Å². The standard InChI is InChI=1S/C26H30N2O3/c29-26(28-16-6-9-23(28)18-27-14-4-5-15-27)22-12-10-21(11-13-22)25-24(30-19-31-25)17-20-7-2-1-3-8-20/h1-3,7-8,10-13,23H,4-6,9,14-19H2/t23-/m0/s1. The van der Waals surface area contributed by atoms with Crippen molar-refractivity contribution in [3.05, 3.63) is 77.0 Å². The molecule has 5 nitrogen and oxygen atoms in total. The average Bonchev–Trinajstić information content (AvgIpc) is 3.57. The molecule has 0 unspecified atom stereocenters. The number of ether oxygens (including phenoxy) is 2. The van der Waals surface area contributed by atoms with Gasteiger partial charge in [-0.15, -0.1) is 0 Å². The van der Waals surface area contributed by atoms with E-state index in [2.05, 4.69) is 21.9 Å². The van der Waals surface area contributed by atoms with Crippen LogP contribution in [-0.2, 0) is 15.9 Å². The zero-order chi connectivity index (χ0) is 21.0. The van der Waals surface area contributed by atoms with Gasteiger partial charge in [0, 0.05) is 36.7 Å². The number of benzene rings is 2. The Kier molecular flexibility index (Phi) is 5.94. The fourth-order valence-corrected chi connectivity index (χ4v) is 4.95. The van der Waals surface area contributed by atoms with E-state index in [1.807, 2.05) is 42.5 Å². The summed E-state index contributed by atoms with van der Waals surface area (Å²) in [6.45, 7) is 4.47. The zero-order valence-corrected chi connectivity index (χ0v) is 18.0. The van der Waals surface area contributed by atoms with Crippen LogP contribution < -0.4 is 0 Å². The molecule has 5 heteroatoms. The van der Waals surface area contributed by atoms with Crippen LogP contribution in [-0.4, -0.2) is 54.7 Å². The fraction of sp³-hybridized carbons (Fsp3) is 0.423. The first-order valence-corrected chi connectivity index (χ1v) is 11.4. The van der Waals surface area contributed by atoms with E-state index in [1.54, 1.807) is 0 Å². The molecule has 0 bridgehead atoms. The Morgan fingerprint density at radius 3 is 2.45 bits per heavy atom. The molecule has 0 radical (unpaired) electrons. The van der Waals surface area contributed by atoms with Gasteiger partial charge in [0.25, 0.3) is 5.91 Å². The highest BCUT2D eigenvalue weighted by Crippen LogP contribution is 2.30. The second-order valence-corrected chi connectivity index (χ2v) is 8.70. The van der Waals surface area contributed by atoms with Crippen molar-refractivity contribution < 1.29 is 14.3 Å². The number of rotatable bonds is 6. The number of amides is 1. The molecule has 2 fully saturated rings. The number of carbonyl (C=O) groups excluding carboxylic acids is 1. The molecule has 31 heavy (non-hydrogen) atoms. The first-order chi connectivity index (χ1) is 15.3. The van der Waals surface area contributed by atoms with Crippen LogP contribution in [0.2, 0.25) is 0 Å². The van der Waals surface area contributed by atoms with Gasteiger partial charge in [0.1, 0.15) is 5.76 Å². The highest BCUT2D eigenvalue weighted by Gasteiger charge is 2.31. The van der Waals surface area contributed by atoms with Crippen molar-refractivity contribution in [1.29, 1.82) is 0 Å². The lowest BCUT2D eigenvalue weighted by Gasteiger charge is -2.28. The van der Waals surface area contributed by atoms with E-state index in [0.717, 1.165) is 48.6 Å². The molecule has 0 spiro atoms. The largest absolute Gasteiger partial charge is 0.458 e. The maximum atomic E-state index is 13.2. The molecule has 3 aliphatic heterocycles. The summed E-state index contributed by atoms with van der Waals surface area (Å²) in [5.74, 6) is 1.77. The SMILES string of the molecule is O=C(c1ccc(C2=C(Cc3ccccc3)OCO2)cc1)N1CCC[C@H]1CN1CCCC1. The number of allylic oxidation sites excluding steroid dienone is 1. The van der Waals surface area contributed by atoms with Gasteiger partial charge in [-0.1, -0.05) is 42.5 Å². The lowest BCUT2D eigenvalue weighted by atomic mass is 10.1. The van der Waals surface area contributed by atoms with E-state index in [9.17, 15) is 4.79 Å². The molecule has 0 aromatic heterocycles. The van der Waals surface area contributed by atoms with Crippen LogP contribution in [0.3, 0.4) is 0 Å². The van der Waals surface area contributed by atoms with E-state index >= 15 is 0 Å². The lowest BCUT2D eigenvalue weighted by Crippen LogP contribution is -2.42. The fourth-order valence-electron chi connectivity index (χ4n) is 4.95. The van der Waals surface area contributed by atoms with E-state index in [1.165, 1.54) is 31.5 Å². The Bertz CT molecular complexity index is 933. The lowest BCUT2D eigenvalue weighted by molar-refractivity contribution is 0.0708. The van der Waals surface area contributed by atoms with Gasteiger partial charge >= 0.3 is 0 Å². The average molecular weight is 419 g/mol. The van der Waals surface area contributed by atoms with Crippen molar-refractivity contribution in [2.75, 3.05) is 33.0 Å². The Morgan fingerprint density at radius 1 is 0.903 bits per heavy atom. The predicted octanol–water partition coefficient (Wildman–Crippen LogP) is 4.30. The maximum Gasteiger partial charge on any atom is 0.254 e. The molecule has 3 aliphatic rings. The zero-order valence-electron chi connectivity index (χ0n) is 18.0. The van der Waals surface area contributed by atoms with Gasteiger partial charge in [-0.05, 0) is 56.5 Å². The summed E-state index contributed by atoms with van der Waals surface area (Å²) in [7, 11) is 0. The van der Waals surface area contributed by atoms with Gasteiger partial charge in [-0.2, -0.15) is 0 Å². The molecule has 3 heterocycles. The number of hydrogen-bond donors (Lipinski definition) is 0. The van der Waals surface area contributed by atoms with Gasteiger partial charge in [0.2, 0.25) is 6.79 Å². The minimum Gasteiger partial charge on any atom is -0.458 e. The van der Waals surface area contributed by atoms with Crippen LogP contribution in [0.15, 0.2) is 60.4 Å². The van der Waals surface area contributed by atoms with E-state index < -0.39 is 0 Å². The third-order valence-electron chi connectivity index (χ3n) is 6.60. The Morgan fingerprint density at radius 2 is 1.68 bits per heavy atom. The van der Waals surface area contributed by atoms with Gasteiger partial charge in [0.15, 0.2) is 5.76 Å². The monoisotopic (exact) mass is 418 g/mol. The molecular weight excluding hydrogens is 388 g/mol. The quantitative estimate of drug-likeness (QED) is 0.701. The molecule has 1 amide bonds.